The molecule has 4 rings (SSSR count). The highest BCUT2D eigenvalue weighted by atomic mass is 32.1. The maximum absolute atomic E-state index is 13.1. The number of rotatable bonds is 4. The average molecular weight is 454 g/mol. The van der Waals surface area contributed by atoms with Gasteiger partial charge in [0.25, 0.3) is 16.8 Å². The van der Waals surface area contributed by atoms with Crippen LogP contribution in [-0.4, -0.2) is 27.9 Å². The molecule has 0 atom stereocenters. The number of nitro benzene ring substituents is 1. The number of methoxy groups -OCH3 is 1. The summed E-state index contributed by atoms with van der Waals surface area (Å²) in [6.45, 7) is 0. The largest absolute Gasteiger partial charge is 0.473 e. The van der Waals surface area contributed by atoms with Crippen molar-refractivity contribution in [3.63, 3.8) is 0 Å². The van der Waals surface area contributed by atoms with Gasteiger partial charge in [0.2, 0.25) is 0 Å². The lowest BCUT2D eigenvalue weighted by Gasteiger charge is -2.09. The molecule has 8 nitrogen and oxygen atoms in total. The topological polar surface area (TPSA) is 107 Å². The molecule has 30 heavy (non-hydrogen) atoms. The summed E-state index contributed by atoms with van der Waals surface area (Å²) >= 11 is 2.43. The molecule has 1 N–H and O–H groups in total. The molecule has 0 aliphatic carbocycles. The Morgan fingerprint density at radius 2 is 1.80 bits per heavy atom. The third kappa shape index (κ3) is 3.52. The van der Waals surface area contributed by atoms with Crippen LogP contribution in [0.1, 0.15) is 15.9 Å². The highest BCUT2D eigenvalue weighted by molar-refractivity contribution is 7.29. The van der Waals surface area contributed by atoms with E-state index >= 15 is 0 Å². The number of nitrogens with one attached hydrogen (secondary N) is 1. The van der Waals surface area contributed by atoms with Crippen molar-refractivity contribution in [2.45, 2.75) is 6.18 Å². The van der Waals surface area contributed by atoms with Crippen LogP contribution in [0.4, 0.5) is 24.0 Å². The van der Waals surface area contributed by atoms with Gasteiger partial charge in [0, 0.05) is 11.6 Å². The minimum atomic E-state index is -4.98. The number of alkyl halides is 3. The maximum Gasteiger partial charge on any atom is 0.423 e. The number of carbonyl (C=O) groups is 1. The van der Waals surface area contributed by atoms with Gasteiger partial charge < -0.3 is 4.74 Å². The zero-order valence-corrected chi connectivity index (χ0v) is 16.4. The molecule has 0 saturated carbocycles. The Morgan fingerprint density at radius 3 is 2.43 bits per heavy atom. The molecule has 2 heterocycles. The first-order chi connectivity index (χ1) is 14.2. The van der Waals surface area contributed by atoms with E-state index in [4.69, 9.17) is 4.74 Å². The van der Waals surface area contributed by atoms with Crippen LogP contribution in [0, 0.1) is 10.1 Å². The summed E-state index contributed by atoms with van der Waals surface area (Å²) in [5.41, 5.74) is -1.73. The van der Waals surface area contributed by atoms with Gasteiger partial charge in [0.15, 0.2) is 5.13 Å². The highest BCUT2D eigenvalue weighted by Gasteiger charge is 2.38. The summed E-state index contributed by atoms with van der Waals surface area (Å²) in [5, 5.41) is 13.9. The van der Waals surface area contributed by atoms with Crippen molar-refractivity contribution in [1.29, 1.82) is 0 Å². The fraction of sp³-hybridized carbons (Fsp3) is 0.118. The highest BCUT2D eigenvalue weighted by Crippen LogP contribution is 2.39. The Morgan fingerprint density at radius 1 is 1.13 bits per heavy atom. The molecule has 2 aromatic carbocycles. The third-order valence-corrected chi connectivity index (χ3v) is 6.23. The molecular weight excluding hydrogens is 445 g/mol. The lowest BCUT2D eigenvalue weighted by Crippen LogP contribution is -2.15. The minimum absolute atomic E-state index is 0.168. The summed E-state index contributed by atoms with van der Waals surface area (Å²) in [7, 11) is 1.49. The van der Waals surface area contributed by atoms with E-state index in [0.29, 0.717) is 28.4 Å². The Hall–Kier alpha value is -3.32. The lowest BCUT2D eigenvalue weighted by atomic mass is 10.1. The first-order valence-electron chi connectivity index (χ1n) is 8.08. The zero-order valence-electron chi connectivity index (χ0n) is 14.8. The van der Waals surface area contributed by atoms with E-state index in [2.05, 4.69) is 15.3 Å². The Bertz CT molecular complexity index is 1320. The number of benzene rings is 2. The number of hydrogen-bond acceptors (Lipinski definition) is 8. The standard InChI is InChI=1S/C17H9F3N4O4S2/c1-28-16-22-10-4-3-9-12(13(10)30-16)29-15(21-9)23-14(25)7-2-5-11(24(26)27)8(6-7)17(18,19)20/h2-6H,1H3,(H,21,23,25). The number of amides is 1. The van der Waals surface area contributed by atoms with Crippen LogP contribution in [0.5, 0.6) is 5.19 Å². The number of nitro groups is 1. The number of fused-ring (bicyclic) bond motifs is 3. The predicted octanol–water partition coefficient (Wildman–Crippen LogP) is 5.09. The van der Waals surface area contributed by atoms with Crippen molar-refractivity contribution in [3.05, 3.63) is 51.6 Å². The van der Waals surface area contributed by atoms with Crippen LogP contribution in [0.2, 0.25) is 0 Å². The molecule has 0 aliphatic rings. The van der Waals surface area contributed by atoms with Gasteiger partial charge in [0.1, 0.15) is 5.56 Å². The summed E-state index contributed by atoms with van der Waals surface area (Å²) in [5.74, 6) is -0.868. The third-order valence-electron chi connectivity index (χ3n) is 4.05. The number of carbonyl (C=O) groups excluding carboxylic acids is 1. The first kappa shape index (κ1) is 20.0. The average Bonchev–Trinajstić information content (AvgIpc) is 3.29. The molecule has 13 heteroatoms. The smallest absolute Gasteiger partial charge is 0.423 e. The molecular formula is C17H9F3N4O4S2. The van der Waals surface area contributed by atoms with E-state index < -0.39 is 28.3 Å². The Balaban J connectivity index is 1.68. The van der Waals surface area contributed by atoms with E-state index in [9.17, 15) is 28.1 Å². The van der Waals surface area contributed by atoms with Gasteiger partial charge in [-0.05, 0) is 24.3 Å². The Kier molecular flexibility index (Phi) is 4.78. The summed E-state index contributed by atoms with van der Waals surface area (Å²) in [6.07, 6.45) is -4.98. The van der Waals surface area contributed by atoms with Crippen LogP contribution >= 0.6 is 22.7 Å². The monoisotopic (exact) mass is 454 g/mol. The summed E-state index contributed by atoms with van der Waals surface area (Å²) in [6, 6.07) is 5.52. The number of hydrogen-bond donors (Lipinski definition) is 1. The lowest BCUT2D eigenvalue weighted by molar-refractivity contribution is -0.388. The van der Waals surface area contributed by atoms with Gasteiger partial charge in [-0.1, -0.05) is 22.7 Å². The van der Waals surface area contributed by atoms with Crippen molar-refractivity contribution >= 4 is 59.8 Å². The van der Waals surface area contributed by atoms with Gasteiger partial charge in [-0.2, -0.15) is 13.2 Å². The quantitative estimate of drug-likeness (QED) is 0.340. The molecule has 4 aromatic rings. The normalized spacial score (nSPS) is 11.7. The van der Waals surface area contributed by atoms with E-state index in [1.165, 1.54) is 18.4 Å². The molecule has 0 radical (unpaired) electrons. The van der Waals surface area contributed by atoms with Crippen molar-refractivity contribution in [1.82, 2.24) is 9.97 Å². The number of nitrogens with zero attached hydrogens (tertiary/aromatic N) is 3. The summed E-state index contributed by atoms with van der Waals surface area (Å²) < 4.78 is 46.1. The van der Waals surface area contributed by atoms with Gasteiger partial charge in [0.05, 0.1) is 32.5 Å². The molecule has 2 aromatic heterocycles. The van der Waals surface area contributed by atoms with Crippen LogP contribution in [0.15, 0.2) is 30.3 Å². The van der Waals surface area contributed by atoms with E-state index in [1.807, 2.05) is 0 Å². The molecule has 154 valence electrons. The second kappa shape index (κ2) is 7.18. The predicted molar refractivity (Wildman–Crippen MR) is 105 cm³/mol. The van der Waals surface area contributed by atoms with E-state index in [-0.39, 0.29) is 10.7 Å². The fourth-order valence-corrected chi connectivity index (χ4v) is 4.69. The van der Waals surface area contributed by atoms with Crippen LogP contribution in [-0.2, 0) is 6.18 Å². The van der Waals surface area contributed by atoms with Gasteiger partial charge >= 0.3 is 6.18 Å². The number of anilines is 1. The second-order valence-corrected chi connectivity index (χ2v) is 7.87. The molecule has 0 bridgehead atoms. The fourth-order valence-electron chi connectivity index (χ4n) is 2.73. The van der Waals surface area contributed by atoms with Gasteiger partial charge in [-0.25, -0.2) is 9.97 Å². The second-order valence-electron chi connectivity index (χ2n) is 5.91. The maximum atomic E-state index is 13.1. The van der Waals surface area contributed by atoms with Gasteiger partial charge in [-0.3, -0.25) is 20.2 Å². The first-order valence-corrected chi connectivity index (χ1v) is 9.71. The molecule has 0 fully saturated rings. The molecule has 0 spiro atoms. The number of ether oxygens (including phenoxy) is 1. The number of aromatic nitrogens is 2. The minimum Gasteiger partial charge on any atom is -0.473 e. The number of halogens is 3. The Labute approximate surface area is 173 Å². The molecule has 1 amide bonds. The van der Waals surface area contributed by atoms with Crippen molar-refractivity contribution in [3.8, 4) is 5.19 Å². The number of thiazole rings is 2. The molecule has 0 saturated heterocycles. The van der Waals surface area contributed by atoms with Crippen molar-refractivity contribution in [2.24, 2.45) is 0 Å². The van der Waals surface area contributed by atoms with Crippen molar-refractivity contribution < 1.29 is 27.6 Å². The van der Waals surface area contributed by atoms with Crippen molar-refractivity contribution in [2.75, 3.05) is 12.4 Å². The van der Waals surface area contributed by atoms with Gasteiger partial charge in [-0.15, -0.1) is 0 Å². The van der Waals surface area contributed by atoms with Crippen LogP contribution in [0.25, 0.3) is 20.4 Å². The molecule has 0 unspecified atom stereocenters. The van der Waals surface area contributed by atoms with E-state index in [0.717, 1.165) is 26.8 Å². The molecule has 0 aliphatic heterocycles. The zero-order chi connectivity index (χ0) is 21.6. The summed E-state index contributed by atoms with van der Waals surface area (Å²) in [4.78, 5) is 30.7. The van der Waals surface area contributed by atoms with Crippen LogP contribution in [0.3, 0.4) is 0 Å². The SMILES string of the molecule is COc1nc2ccc3nc(NC(=O)c4ccc([N+](=O)[O-])c(C(F)(F)F)c4)sc3c2s1. The van der Waals surface area contributed by atoms with Crippen LogP contribution < -0.4 is 10.1 Å². The van der Waals surface area contributed by atoms with E-state index in [1.54, 1.807) is 12.1 Å².